The molecular weight excluding hydrogens is 574 g/mol. The summed E-state index contributed by atoms with van der Waals surface area (Å²) in [5.41, 5.74) is 0.901. The van der Waals surface area contributed by atoms with Crippen molar-refractivity contribution < 1.29 is 28.7 Å². The minimum Gasteiger partial charge on any atom is -0.457 e. The van der Waals surface area contributed by atoms with E-state index in [9.17, 15) is 19.2 Å². The Labute approximate surface area is 255 Å². The van der Waals surface area contributed by atoms with Crippen LogP contribution < -0.4 is 15.4 Å². The van der Waals surface area contributed by atoms with Crippen molar-refractivity contribution in [2.75, 3.05) is 29.7 Å². The Morgan fingerprint density at radius 3 is 2.43 bits per heavy atom. The SMILES string of the molecule is CC(=O)OCC(=O)N1CSC[C@H]1C(=O)N[C@@H](CSCC1CCCCC1)C(=O)NCc1ccc(Oc2ccccc2)cc1. The van der Waals surface area contributed by atoms with Crippen LogP contribution in [0.3, 0.4) is 0 Å². The first kappa shape index (κ1) is 31.7. The van der Waals surface area contributed by atoms with Crippen LogP contribution in [0.2, 0.25) is 0 Å². The Morgan fingerprint density at radius 1 is 1.00 bits per heavy atom. The van der Waals surface area contributed by atoms with E-state index in [1.807, 2.05) is 54.6 Å². The number of thioether (sulfide) groups is 2. The summed E-state index contributed by atoms with van der Waals surface area (Å²) < 4.78 is 10.7. The van der Waals surface area contributed by atoms with Crippen LogP contribution in [0.25, 0.3) is 0 Å². The minimum absolute atomic E-state index is 0.271. The normalized spacial score (nSPS) is 17.7. The average Bonchev–Trinajstić information content (AvgIpc) is 3.50. The third-order valence-corrected chi connectivity index (χ3v) is 9.56. The fourth-order valence-corrected chi connectivity index (χ4v) is 7.38. The summed E-state index contributed by atoms with van der Waals surface area (Å²) in [5.74, 6) is 2.59. The zero-order chi connectivity index (χ0) is 29.7. The monoisotopic (exact) mass is 613 g/mol. The zero-order valence-corrected chi connectivity index (χ0v) is 25.6. The van der Waals surface area contributed by atoms with Crippen molar-refractivity contribution in [1.29, 1.82) is 0 Å². The summed E-state index contributed by atoms with van der Waals surface area (Å²) in [6.07, 6.45) is 6.20. The molecule has 1 saturated heterocycles. The number of hydrogen-bond donors (Lipinski definition) is 2. The number of carbonyl (C=O) groups is 4. The van der Waals surface area contributed by atoms with Crippen molar-refractivity contribution in [3.8, 4) is 11.5 Å². The molecule has 0 bridgehead atoms. The van der Waals surface area contributed by atoms with Gasteiger partial charge in [0.1, 0.15) is 23.6 Å². The molecule has 4 rings (SSSR count). The molecule has 2 aromatic rings. The van der Waals surface area contributed by atoms with Gasteiger partial charge in [0, 0.05) is 25.0 Å². The first-order chi connectivity index (χ1) is 20.4. The van der Waals surface area contributed by atoms with Crippen LogP contribution in [0.1, 0.15) is 44.6 Å². The molecule has 0 radical (unpaired) electrons. The quantitative estimate of drug-likeness (QED) is 0.321. The molecule has 2 aliphatic rings. The van der Waals surface area contributed by atoms with E-state index in [2.05, 4.69) is 10.6 Å². The highest BCUT2D eigenvalue weighted by molar-refractivity contribution is 7.99. The number of rotatable bonds is 13. The highest BCUT2D eigenvalue weighted by Gasteiger charge is 2.36. The molecule has 1 aliphatic heterocycles. The van der Waals surface area contributed by atoms with Gasteiger partial charge in [-0.05, 0) is 54.3 Å². The second-order valence-electron chi connectivity index (χ2n) is 10.5. The Bertz CT molecular complexity index is 1190. The van der Waals surface area contributed by atoms with Gasteiger partial charge in [-0.15, -0.1) is 11.8 Å². The van der Waals surface area contributed by atoms with Crippen molar-refractivity contribution >= 4 is 47.2 Å². The van der Waals surface area contributed by atoms with Gasteiger partial charge in [-0.25, -0.2) is 0 Å². The van der Waals surface area contributed by atoms with Gasteiger partial charge in [0.15, 0.2) is 6.61 Å². The third-order valence-electron chi connectivity index (χ3n) is 7.27. The van der Waals surface area contributed by atoms with Crippen LogP contribution >= 0.6 is 23.5 Å². The number of hydrogen-bond acceptors (Lipinski definition) is 8. The standard InChI is InChI=1S/C31H39N3O6S2/c1-22(35)39-17-29(36)34-21-42-20-28(34)31(38)33-27(19-41-18-24-8-4-2-5-9-24)30(37)32-16-23-12-14-26(15-13-23)40-25-10-6-3-7-11-25/h3,6-7,10-15,24,27-28H,2,4-5,8-9,16-21H2,1H3,(H,32,37)(H,33,38)/t27-,28-/m0/s1. The lowest BCUT2D eigenvalue weighted by molar-refractivity contribution is -0.151. The van der Waals surface area contributed by atoms with Crippen LogP contribution in [-0.4, -0.2) is 70.4 Å². The summed E-state index contributed by atoms with van der Waals surface area (Å²) >= 11 is 3.14. The number of carbonyl (C=O) groups excluding carboxylic acids is 4. The second-order valence-corrected chi connectivity index (χ2v) is 12.6. The summed E-state index contributed by atoms with van der Waals surface area (Å²) in [6.45, 7) is 1.13. The molecule has 42 heavy (non-hydrogen) atoms. The number of nitrogens with one attached hydrogen (secondary N) is 2. The Balaban J connectivity index is 1.34. The molecular formula is C31H39N3O6S2. The molecule has 1 aliphatic carbocycles. The van der Waals surface area contributed by atoms with Gasteiger partial charge in [0.2, 0.25) is 11.8 Å². The molecule has 2 fully saturated rings. The Kier molecular flexibility index (Phi) is 12.4. The van der Waals surface area contributed by atoms with Gasteiger partial charge < -0.3 is 25.0 Å². The predicted molar refractivity (Wildman–Crippen MR) is 165 cm³/mol. The van der Waals surface area contributed by atoms with Crippen molar-refractivity contribution in [3.05, 3.63) is 60.2 Å². The van der Waals surface area contributed by atoms with Crippen LogP contribution in [0.15, 0.2) is 54.6 Å². The molecule has 0 aromatic heterocycles. The van der Waals surface area contributed by atoms with Gasteiger partial charge in [0.05, 0.1) is 5.88 Å². The molecule has 2 N–H and O–H groups in total. The van der Waals surface area contributed by atoms with Crippen molar-refractivity contribution in [3.63, 3.8) is 0 Å². The number of esters is 1. The average molecular weight is 614 g/mol. The molecule has 0 spiro atoms. The molecule has 1 heterocycles. The molecule has 1 saturated carbocycles. The van der Waals surface area contributed by atoms with Crippen molar-refractivity contribution in [2.45, 2.75) is 57.7 Å². The zero-order valence-electron chi connectivity index (χ0n) is 23.9. The van der Waals surface area contributed by atoms with Crippen LogP contribution in [0.5, 0.6) is 11.5 Å². The van der Waals surface area contributed by atoms with Gasteiger partial charge >= 0.3 is 5.97 Å². The topological polar surface area (TPSA) is 114 Å². The largest absolute Gasteiger partial charge is 0.457 e. The van der Waals surface area contributed by atoms with E-state index in [0.717, 1.165) is 17.1 Å². The van der Waals surface area contributed by atoms with Crippen LogP contribution in [-0.2, 0) is 30.5 Å². The van der Waals surface area contributed by atoms with E-state index >= 15 is 0 Å². The Hall–Kier alpha value is -3.18. The summed E-state index contributed by atoms with van der Waals surface area (Å²) in [4.78, 5) is 51.8. The first-order valence-corrected chi connectivity index (χ1v) is 16.7. The molecule has 11 heteroatoms. The van der Waals surface area contributed by atoms with E-state index in [1.165, 1.54) is 55.7 Å². The van der Waals surface area contributed by atoms with Gasteiger partial charge in [-0.2, -0.15) is 11.8 Å². The maximum absolute atomic E-state index is 13.3. The lowest BCUT2D eigenvalue weighted by Crippen LogP contribution is -2.55. The van der Waals surface area contributed by atoms with E-state index in [4.69, 9.17) is 9.47 Å². The summed E-state index contributed by atoms with van der Waals surface area (Å²) in [6, 6.07) is 15.5. The van der Waals surface area contributed by atoms with E-state index in [0.29, 0.717) is 35.6 Å². The lowest BCUT2D eigenvalue weighted by atomic mass is 9.91. The fraction of sp³-hybridized carbons (Fsp3) is 0.484. The summed E-state index contributed by atoms with van der Waals surface area (Å²) in [7, 11) is 0. The number of nitrogens with zero attached hydrogens (tertiary/aromatic N) is 1. The van der Waals surface area contributed by atoms with Gasteiger partial charge in [-0.1, -0.05) is 49.6 Å². The van der Waals surface area contributed by atoms with Crippen LogP contribution in [0.4, 0.5) is 0 Å². The van der Waals surface area contributed by atoms with Gasteiger partial charge in [-0.3, -0.25) is 19.2 Å². The van der Waals surface area contributed by atoms with E-state index in [1.54, 1.807) is 11.8 Å². The van der Waals surface area contributed by atoms with Crippen molar-refractivity contribution in [1.82, 2.24) is 15.5 Å². The molecule has 2 aromatic carbocycles. The Morgan fingerprint density at radius 2 is 1.71 bits per heavy atom. The molecule has 2 atom stereocenters. The number of benzene rings is 2. The van der Waals surface area contributed by atoms with E-state index in [-0.39, 0.29) is 11.8 Å². The summed E-state index contributed by atoms with van der Waals surface area (Å²) in [5, 5.41) is 5.88. The first-order valence-electron chi connectivity index (χ1n) is 14.4. The number of para-hydroxylation sites is 1. The third kappa shape index (κ3) is 9.97. The van der Waals surface area contributed by atoms with E-state index < -0.39 is 30.6 Å². The van der Waals surface area contributed by atoms with Crippen molar-refractivity contribution in [2.24, 2.45) is 5.92 Å². The molecule has 226 valence electrons. The second kappa shape index (κ2) is 16.5. The highest BCUT2D eigenvalue weighted by atomic mass is 32.2. The predicted octanol–water partition coefficient (Wildman–Crippen LogP) is 4.36. The smallest absolute Gasteiger partial charge is 0.303 e. The number of amides is 3. The van der Waals surface area contributed by atoms with Gasteiger partial charge in [0.25, 0.3) is 5.91 Å². The molecule has 9 nitrogen and oxygen atoms in total. The number of ether oxygens (including phenoxy) is 2. The highest BCUT2D eigenvalue weighted by Crippen LogP contribution is 2.27. The minimum atomic E-state index is -0.747. The molecule has 3 amide bonds. The van der Waals surface area contributed by atoms with Crippen LogP contribution in [0, 0.1) is 5.92 Å². The lowest BCUT2D eigenvalue weighted by Gasteiger charge is -2.26. The maximum atomic E-state index is 13.3. The maximum Gasteiger partial charge on any atom is 0.303 e. The molecule has 0 unspecified atom stereocenters. The fourth-order valence-electron chi connectivity index (χ4n) is 4.92.